The van der Waals surface area contributed by atoms with Gasteiger partial charge in [-0.1, -0.05) is 0 Å². The van der Waals surface area contributed by atoms with E-state index in [1.54, 1.807) is 19.2 Å². The fourth-order valence-corrected chi connectivity index (χ4v) is 3.41. The molecule has 1 aliphatic heterocycles. The molecule has 13 nitrogen and oxygen atoms in total. The van der Waals surface area contributed by atoms with E-state index in [0.717, 1.165) is 0 Å². The third-order valence-electron chi connectivity index (χ3n) is 5.25. The number of nitrogens with zero attached hydrogens (tertiary/aromatic N) is 2. The van der Waals surface area contributed by atoms with Gasteiger partial charge in [-0.25, -0.2) is 4.79 Å². The van der Waals surface area contributed by atoms with Crippen molar-refractivity contribution < 1.29 is 76.0 Å². The van der Waals surface area contributed by atoms with Gasteiger partial charge >= 0.3 is 57.4 Å². The molecule has 0 saturated heterocycles. The number of carbonyl (C=O) groups excluding carboxylic acids is 2. The Balaban J connectivity index is 0.00000408. The molecule has 3 rings (SSSR count). The molecule has 7 N–H and O–H groups in total. The Labute approximate surface area is 236 Å². The van der Waals surface area contributed by atoms with E-state index in [9.17, 15) is 24.3 Å². The number of carboxylic acids is 2. The standard InChI is InChI=1S/C20H25N7O6.K/c1-27-12(9-23-16-15(27)18(31)26-20(21)25-16)8-22-11-4-2-10(3-5-11)17(30)24-13(19(32)33)6-7-14(28)29;/h2-5,12-13,22H,6-9H2,1H3,(H,24,30)(H,28,29)(H,32,33)(H4,21,23,25,26,31);/q;+1/p-1/t12-,13-;/m0./s1. The number of fused-ring (bicyclic) bond motifs is 1. The van der Waals surface area contributed by atoms with Crippen LogP contribution in [0.1, 0.15) is 23.2 Å². The summed E-state index contributed by atoms with van der Waals surface area (Å²) in [4.78, 5) is 54.7. The van der Waals surface area contributed by atoms with Crippen LogP contribution in [0.4, 0.5) is 23.1 Å². The van der Waals surface area contributed by atoms with Crippen molar-refractivity contribution in [2.75, 3.05) is 41.4 Å². The first kappa shape index (κ1) is 27.6. The number of aromatic nitrogens is 2. The Kier molecular flexibility index (Phi) is 9.87. The second-order valence-electron chi connectivity index (χ2n) is 7.53. The molecular formula is C20H24KN7O6. The first-order chi connectivity index (χ1) is 15.7. The van der Waals surface area contributed by atoms with E-state index >= 15 is 0 Å². The maximum atomic E-state index is 12.3. The number of carbonyl (C=O) groups is 3. The summed E-state index contributed by atoms with van der Waals surface area (Å²) in [5.41, 5.74) is 6.56. The van der Waals surface area contributed by atoms with Crippen molar-refractivity contribution in [2.24, 2.45) is 0 Å². The van der Waals surface area contributed by atoms with E-state index in [2.05, 4.69) is 25.9 Å². The number of amides is 1. The van der Waals surface area contributed by atoms with Crippen LogP contribution < -0.4 is 88.6 Å². The van der Waals surface area contributed by atoms with Crippen LogP contribution in [0.25, 0.3) is 0 Å². The van der Waals surface area contributed by atoms with E-state index < -0.39 is 30.3 Å². The largest absolute Gasteiger partial charge is 1.00 e. The van der Waals surface area contributed by atoms with Crippen LogP contribution in [0.2, 0.25) is 0 Å². The third-order valence-corrected chi connectivity index (χ3v) is 5.25. The molecular weight excluding hydrogens is 473 g/mol. The van der Waals surface area contributed by atoms with Crippen molar-refractivity contribution in [1.82, 2.24) is 15.3 Å². The Bertz CT molecular complexity index is 1110. The zero-order chi connectivity index (χ0) is 24.1. The van der Waals surface area contributed by atoms with E-state index in [-0.39, 0.29) is 80.9 Å². The minimum absolute atomic E-state index is 0. The summed E-state index contributed by atoms with van der Waals surface area (Å²) in [6.07, 6.45) is -0.759. The maximum absolute atomic E-state index is 12.3. The van der Waals surface area contributed by atoms with Gasteiger partial charge in [-0.3, -0.25) is 14.6 Å². The van der Waals surface area contributed by atoms with Crippen LogP contribution in [0, 0.1) is 0 Å². The third kappa shape index (κ3) is 6.93. The molecule has 0 fully saturated rings. The number of benzene rings is 1. The minimum atomic E-state index is -1.39. The summed E-state index contributed by atoms with van der Waals surface area (Å²) < 4.78 is 0. The van der Waals surface area contributed by atoms with Crippen molar-refractivity contribution in [2.45, 2.75) is 24.9 Å². The van der Waals surface area contributed by atoms with E-state index in [1.807, 2.05) is 4.90 Å². The van der Waals surface area contributed by atoms with E-state index in [1.165, 1.54) is 12.1 Å². The van der Waals surface area contributed by atoms with Crippen LogP contribution >= 0.6 is 0 Å². The zero-order valence-corrected chi connectivity index (χ0v) is 21.9. The van der Waals surface area contributed by atoms with Crippen LogP contribution in [0.3, 0.4) is 0 Å². The predicted octanol–water partition coefficient (Wildman–Crippen LogP) is -4.59. The van der Waals surface area contributed by atoms with Crippen LogP contribution in [-0.4, -0.2) is 65.1 Å². The van der Waals surface area contributed by atoms with Crippen LogP contribution in [0.15, 0.2) is 29.1 Å². The molecule has 0 aliphatic carbocycles. The summed E-state index contributed by atoms with van der Waals surface area (Å²) in [5, 5.41) is 28.3. The zero-order valence-electron chi connectivity index (χ0n) is 18.8. The second kappa shape index (κ2) is 12.2. The normalized spacial score (nSPS) is 15.2. The fraction of sp³-hybridized carbons (Fsp3) is 0.350. The first-order valence-electron chi connectivity index (χ1n) is 10.1. The topological polar surface area (TPSA) is 206 Å². The summed E-state index contributed by atoms with van der Waals surface area (Å²) in [6, 6.07) is 4.94. The van der Waals surface area contributed by atoms with Gasteiger partial charge in [0.05, 0.1) is 6.04 Å². The fourth-order valence-electron chi connectivity index (χ4n) is 3.41. The summed E-state index contributed by atoms with van der Waals surface area (Å²) in [7, 11) is 1.78. The number of carboxylic acid groups (broad SMARTS) is 2. The molecule has 1 aliphatic rings. The molecule has 2 atom stereocenters. The average molecular weight is 498 g/mol. The van der Waals surface area contributed by atoms with Gasteiger partial charge in [0.1, 0.15) is 11.7 Å². The van der Waals surface area contributed by atoms with Crippen LogP contribution in [-0.2, 0) is 9.59 Å². The second-order valence-corrected chi connectivity index (χ2v) is 7.53. The molecule has 1 aromatic heterocycles. The molecule has 2 aromatic rings. The number of nitrogens with two attached hydrogens (primary N) is 1. The number of aliphatic carboxylic acids is 2. The molecule has 0 spiro atoms. The van der Waals surface area contributed by atoms with Crippen molar-refractivity contribution in [3.8, 4) is 0 Å². The quantitative estimate of drug-likeness (QED) is 0.182. The average Bonchev–Trinajstić information content (AvgIpc) is 2.75. The van der Waals surface area contributed by atoms with Gasteiger partial charge in [0.2, 0.25) is 5.95 Å². The smallest absolute Gasteiger partial charge is 0.550 e. The first-order valence-corrected chi connectivity index (χ1v) is 10.1. The van der Waals surface area contributed by atoms with Crippen LogP contribution in [0.5, 0.6) is 0 Å². The van der Waals surface area contributed by atoms with Gasteiger partial charge in [0, 0.05) is 37.4 Å². The number of H-pyrrole nitrogens is 1. The van der Waals surface area contributed by atoms with Gasteiger partial charge in [0.25, 0.3) is 11.5 Å². The number of hydrogen-bond acceptors (Lipinski definition) is 10. The minimum Gasteiger partial charge on any atom is -0.550 e. The molecule has 0 saturated carbocycles. The molecule has 1 amide bonds. The Morgan fingerprint density at radius 1 is 1.32 bits per heavy atom. The monoisotopic (exact) mass is 497 g/mol. The molecule has 2 heterocycles. The number of nitrogen functional groups attached to an aromatic ring is 1. The molecule has 176 valence electrons. The number of anilines is 4. The molecule has 14 heteroatoms. The maximum Gasteiger partial charge on any atom is 1.00 e. The van der Waals surface area contributed by atoms with Gasteiger partial charge in [0.15, 0.2) is 5.82 Å². The molecule has 0 bridgehead atoms. The number of hydrogen-bond donors (Lipinski definition) is 6. The Hall–Kier alpha value is -2.65. The van der Waals surface area contributed by atoms with Gasteiger partial charge in [-0.05, 0) is 37.1 Å². The summed E-state index contributed by atoms with van der Waals surface area (Å²) >= 11 is 0. The van der Waals surface area contributed by atoms with Gasteiger partial charge < -0.3 is 41.6 Å². The van der Waals surface area contributed by atoms with E-state index in [4.69, 9.17) is 10.8 Å². The van der Waals surface area contributed by atoms with Crippen molar-refractivity contribution in [3.63, 3.8) is 0 Å². The van der Waals surface area contributed by atoms with E-state index in [0.29, 0.717) is 30.3 Å². The van der Waals surface area contributed by atoms with Crippen molar-refractivity contribution in [1.29, 1.82) is 0 Å². The number of aromatic amines is 1. The molecule has 34 heavy (non-hydrogen) atoms. The molecule has 0 unspecified atom stereocenters. The Morgan fingerprint density at radius 3 is 2.62 bits per heavy atom. The Morgan fingerprint density at radius 2 is 2.00 bits per heavy atom. The van der Waals surface area contributed by atoms with Gasteiger partial charge in [-0.15, -0.1) is 0 Å². The molecule has 1 aromatic carbocycles. The number of nitrogens with one attached hydrogen (secondary N) is 4. The molecule has 0 radical (unpaired) electrons. The van der Waals surface area contributed by atoms with Crippen molar-refractivity contribution in [3.05, 3.63) is 40.2 Å². The SMILES string of the molecule is CN1c2c(nc(N)[nH]c2=O)NC[C@@H]1CNc1ccc(C(=O)N[C@@H](CCC(=O)[O-])C(=O)O)cc1.[K+]. The summed E-state index contributed by atoms with van der Waals surface area (Å²) in [5.74, 6) is -2.89. The summed E-state index contributed by atoms with van der Waals surface area (Å²) in [6.45, 7) is 0.998. The van der Waals surface area contributed by atoms with Crippen molar-refractivity contribution >= 4 is 41.0 Å². The van der Waals surface area contributed by atoms with Gasteiger partial charge in [-0.2, -0.15) is 4.98 Å². The number of rotatable bonds is 9. The predicted molar refractivity (Wildman–Crippen MR) is 118 cm³/mol. The number of likely N-dealkylation sites (N-methyl/N-ethyl adjacent to an activating group) is 1.